The van der Waals surface area contributed by atoms with Crippen molar-refractivity contribution in [1.82, 2.24) is 10.3 Å². The second-order valence-electron chi connectivity index (χ2n) is 6.73. The molecule has 0 fully saturated rings. The average molecular weight is 398 g/mol. The van der Waals surface area contributed by atoms with E-state index in [0.29, 0.717) is 11.5 Å². The molecule has 1 N–H and O–H groups in total. The lowest BCUT2D eigenvalue weighted by molar-refractivity contribution is 0.0926. The van der Waals surface area contributed by atoms with Gasteiger partial charge >= 0.3 is 0 Å². The van der Waals surface area contributed by atoms with Crippen LogP contribution in [0.4, 0.5) is 0 Å². The van der Waals surface area contributed by atoms with Gasteiger partial charge in [0.05, 0.1) is 11.2 Å². The van der Waals surface area contributed by atoms with Crippen LogP contribution >= 0.6 is 0 Å². The fraction of sp³-hybridized carbons (Fsp3) is 0.238. The number of carbonyl (C=O) groups is 1. The number of benzene rings is 1. The molecule has 3 aromatic rings. The van der Waals surface area contributed by atoms with E-state index in [2.05, 4.69) is 10.3 Å². The molecule has 0 spiro atoms. The molecule has 0 aliphatic heterocycles. The van der Waals surface area contributed by atoms with Gasteiger partial charge in [-0.1, -0.05) is 32.0 Å². The maximum absolute atomic E-state index is 13.3. The fourth-order valence-corrected chi connectivity index (χ4v) is 4.50. The maximum atomic E-state index is 13.3. The van der Waals surface area contributed by atoms with Gasteiger partial charge in [-0.05, 0) is 47.4 Å². The Morgan fingerprint density at radius 3 is 2.39 bits per heavy atom. The quantitative estimate of drug-likeness (QED) is 0.655. The molecule has 1 amide bonds. The van der Waals surface area contributed by atoms with Crippen molar-refractivity contribution in [3.63, 3.8) is 0 Å². The third-order valence-corrected chi connectivity index (χ3v) is 6.62. The molecule has 146 valence electrons. The lowest BCUT2D eigenvalue weighted by atomic mass is 10.0. The number of carbonyl (C=O) groups excluding carboxylic acids is 1. The van der Waals surface area contributed by atoms with E-state index in [-0.39, 0.29) is 17.2 Å². The molecule has 1 atom stereocenters. The van der Waals surface area contributed by atoms with Gasteiger partial charge in [0.2, 0.25) is 0 Å². The first-order chi connectivity index (χ1) is 13.4. The Morgan fingerprint density at radius 2 is 1.82 bits per heavy atom. The van der Waals surface area contributed by atoms with Crippen LogP contribution in [-0.2, 0) is 9.84 Å². The van der Waals surface area contributed by atoms with Gasteiger partial charge in [0.25, 0.3) is 5.91 Å². The molecule has 28 heavy (non-hydrogen) atoms. The fourth-order valence-electron chi connectivity index (χ4n) is 2.86. The van der Waals surface area contributed by atoms with E-state index in [9.17, 15) is 13.2 Å². The first-order valence-corrected chi connectivity index (χ1v) is 10.5. The second-order valence-corrected chi connectivity index (χ2v) is 8.86. The molecule has 6 nitrogen and oxygen atoms in total. The number of sulfone groups is 1. The predicted octanol–water partition coefficient (Wildman–Crippen LogP) is 3.74. The number of hydrogen-bond donors (Lipinski definition) is 1. The highest BCUT2D eigenvalue weighted by Gasteiger charge is 2.30. The summed E-state index contributed by atoms with van der Waals surface area (Å²) >= 11 is 0. The van der Waals surface area contributed by atoms with E-state index in [0.717, 1.165) is 5.56 Å². The second kappa shape index (κ2) is 8.39. The summed E-state index contributed by atoms with van der Waals surface area (Å²) in [7, 11) is -3.75. The van der Waals surface area contributed by atoms with Crippen molar-refractivity contribution < 1.29 is 17.6 Å². The Kier molecular flexibility index (Phi) is 5.94. The van der Waals surface area contributed by atoms with Crippen LogP contribution in [-0.4, -0.2) is 25.9 Å². The molecule has 2 heterocycles. The van der Waals surface area contributed by atoms with Gasteiger partial charge in [-0.15, -0.1) is 0 Å². The van der Waals surface area contributed by atoms with E-state index in [1.807, 2.05) is 26.0 Å². The number of amides is 1. The molecule has 3 rings (SSSR count). The lowest BCUT2D eigenvalue weighted by Gasteiger charge is -2.19. The highest BCUT2D eigenvalue weighted by Crippen LogP contribution is 2.29. The van der Waals surface area contributed by atoms with Crippen LogP contribution in [0.1, 0.15) is 46.7 Å². The van der Waals surface area contributed by atoms with Crippen molar-refractivity contribution in [2.24, 2.45) is 0 Å². The number of pyridine rings is 1. The van der Waals surface area contributed by atoms with Crippen LogP contribution in [0.3, 0.4) is 0 Å². The molecule has 0 saturated carbocycles. The van der Waals surface area contributed by atoms with E-state index in [1.54, 1.807) is 36.5 Å². The first-order valence-electron chi connectivity index (χ1n) is 8.95. The van der Waals surface area contributed by atoms with Gasteiger partial charge < -0.3 is 9.73 Å². The molecule has 0 radical (unpaired) electrons. The maximum Gasteiger partial charge on any atom is 0.287 e. The predicted molar refractivity (Wildman–Crippen MR) is 106 cm³/mol. The van der Waals surface area contributed by atoms with Crippen molar-refractivity contribution >= 4 is 15.7 Å². The smallest absolute Gasteiger partial charge is 0.287 e. The van der Waals surface area contributed by atoms with Crippen LogP contribution in [0.5, 0.6) is 0 Å². The molecule has 0 saturated heterocycles. The molecular formula is C21H22N2O4S. The highest BCUT2D eigenvalue weighted by atomic mass is 32.2. The molecule has 1 aromatic carbocycles. The van der Waals surface area contributed by atoms with Gasteiger partial charge in [-0.25, -0.2) is 8.42 Å². The summed E-state index contributed by atoms with van der Waals surface area (Å²) in [6.45, 7) is 4.00. The van der Waals surface area contributed by atoms with Crippen molar-refractivity contribution in [3.8, 4) is 0 Å². The minimum atomic E-state index is -3.75. The molecule has 0 aliphatic rings. The van der Waals surface area contributed by atoms with Crippen LogP contribution in [0, 0.1) is 0 Å². The first kappa shape index (κ1) is 19.8. The van der Waals surface area contributed by atoms with E-state index >= 15 is 0 Å². The van der Waals surface area contributed by atoms with Crippen LogP contribution in [0.15, 0.2) is 76.5 Å². The van der Waals surface area contributed by atoms with E-state index in [1.165, 1.54) is 18.5 Å². The number of hydrogen-bond acceptors (Lipinski definition) is 5. The normalized spacial score (nSPS) is 12.7. The van der Waals surface area contributed by atoms with Crippen molar-refractivity contribution in [1.29, 1.82) is 0 Å². The summed E-state index contributed by atoms with van der Waals surface area (Å²) in [5.41, 5.74) is 1.57. The standard InChI is InChI=1S/C21H22N2O4S/c1-15(2)16-7-9-18(10-8-16)28(25,26)20(17-5-3-11-22-13-17)14-23-21(24)19-6-4-12-27-19/h3-13,15,20H,14H2,1-2H3,(H,23,24). The molecular weight excluding hydrogens is 376 g/mol. The Balaban J connectivity index is 1.90. The minimum Gasteiger partial charge on any atom is -0.459 e. The van der Waals surface area contributed by atoms with Crippen molar-refractivity contribution in [2.75, 3.05) is 6.54 Å². The Bertz CT molecular complexity index is 1010. The minimum absolute atomic E-state index is 0.0977. The highest BCUT2D eigenvalue weighted by molar-refractivity contribution is 7.91. The van der Waals surface area contributed by atoms with Crippen LogP contribution in [0.25, 0.3) is 0 Å². The molecule has 1 unspecified atom stereocenters. The average Bonchev–Trinajstić information content (AvgIpc) is 3.23. The number of nitrogens with zero attached hydrogens (tertiary/aromatic N) is 1. The molecule has 2 aromatic heterocycles. The molecule has 0 bridgehead atoms. The summed E-state index contributed by atoms with van der Waals surface area (Å²) < 4.78 is 31.7. The number of furan rings is 1. The van der Waals surface area contributed by atoms with Crippen LogP contribution < -0.4 is 5.32 Å². The van der Waals surface area contributed by atoms with Crippen LogP contribution in [0.2, 0.25) is 0 Å². The van der Waals surface area contributed by atoms with Crippen molar-refractivity contribution in [3.05, 3.63) is 84.1 Å². The third kappa shape index (κ3) is 4.31. The van der Waals surface area contributed by atoms with Gasteiger partial charge in [0.1, 0.15) is 5.25 Å². The summed E-state index contributed by atoms with van der Waals surface area (Å²) in [6, 6.07) is 13.3. The number of rotatable bonds is 7. The molecule has 7 heteroatoms. The van der Waals surface area contributed by atoms with Gasteiger partial charge in [0.15, 0.2) is 15.6 Å². The Labute approximate surface area is 164 Å². The Hall–Kier alpha value is -2.93. The third-order valence-electron chi connectivity index (χ3n) is 4.50. The monoisotopic (exact) mass is 398 g/mol. The van der Waals surface area contributed by atoms with E-state index in [4.69, 9.17) is 4.42 Å². The zero-order valence-corrected chi connectivity index (χ0v) is 16.5. The van der Waals surface area contributed by atoms with E-state index < -0.39 is 21.0 Å². The number of nitrogens with one attached hydrogen (secondary N) is 1. The summed E-state index contributed by atoms with van der Waals surface area (Å²) in [6.07, 6.45) is 4.47. The van der Waals surface area contributed by atoms with Gasteiger partial charge in [-0.3, -0.25) is 9.78 Å². The summed E-state index contributed by atoms with van der Waals surface area (Å²) in [5.74, 6) is -0.0358. The zero-order chi connectivity index (χ0) is 20.1. The Morgan fingerprint density at radius 1 is 1.07 bits per heavy atom. The SMILES string of the molecule is CC(C)c1ccc(S(=O)(=O)C(CNC(=O)c2ccco2)c2cccnc2)cc1. The van der Waals surface area contributed by atoms with Gasteiger partial charge in [-0.2, -0.15) is 0 Å². The molecule has 0 aliphatic carbocycles. The number of aromatic nitrogens is 1. The zero-order valence-electron chi connectivity index (χ0n) is 15.7. The lowest BCUT2D eigenvalue weighted by Crippen LogP contribution is -2.31. The van der Waals surface area contributed by atoms with Crippen molar-refractivity contribution in [2.45, 2.75) is 29.9 Å². The van der Waals surface area contributed by atoms with Gasteiger partial charge in [0, 0.05) is 18.9 Å². The topological polar surface area (TPSA) is 89.3 Å². The summed E-state index contributed by atoms with van der Waals surface area (Å²) in [4.78, 5) is 16.4. The largest absolute Gasteiger partial charge is 0.459 e. The summed E-state index contributed by atoms with van der Waals surface area (Å²) in [5, 5.41) is 1.68.